The Morgan fingerprint density at radius 1 is 1.10 bits per heavy atom. The second kappa shape index (κ2) is 6.93. The molecule has 0 amide bonds. The highest BCUT2D eigenvalue weighted by Gasteiger charge is 2.07. The van der Waals surface area contributed by atoms with Crippen LogP contribution in [0.3, 0.4) is 0 Å². The lowest BCUT2D eigenvalue weighted by molar-refractivity contribution is 0.465. The molecule has 0 aliphatic carbocycles. The van der Waals surface area contributed by atoms with Crippen molar-refractivity contribution < 1.29 is 9.50 Å². The molecule has 20 heavy (non-hydrogen) atoms. The molecule has 2 aromatic rings. The highest BCUT2D eigenvalue weighted by atomic mass is 35.5. The van der Waals surface area contributed by atoms with E-state index in [0.717, 1.165) is 0 Å². The Bertz CT molecular complexity index is 604. The van der Waals surface area contributed by atoms with Crippen molar-refractivity contribution in [3.8, 4) is 5.75 Å². The van der Waals surface area contributed by atoms with Gasteiger partial charge in [0.15, 0.2) is 0 Å². The van der Waals surface area contributed by atoms with Crippen molar-refractivity contribution in [3.05, 3.63) is 63.4 Å². The standard InChI is InChI=1S/C15H14Cl2FNO/c16-12-7-11(15(20)13(17)8-12)9-19-6-5-10-3-1-2-4-14(10)18/h1-4,7-8,19-20H,5-6,9H2. The second-order valence-corrected chi connectivity index (χ2v) is 5.26. The molecular weight excluding hydrogens is 300 g/mol. The van der Waals surface area contributed by atoms with Gasteiger partial charge in [-0.3, -0.25) is 0 Å². The molecule has 0 atom stereocenters. The molecule has 5 heteroatoms. The molecular formula is C15H14Cl2FNO. The molecule has 0 bridgehead atoms. The summed E-state index contributed by atoms with van der Waals surface area (Å²) in [5.41, 5.74) is 1.28. The van der Waals surface area contributed by atoms with Gasteiger partial charge in [-0.2, -0.15) is 0 Å². The van der Waals surface area contributed by atoms with Gasteiger partial charge in [-0.15, -0.1) is 0 Å². The molecule has 0 aliphatic heterocycles. The fourth-order valence-corrected chi connectivity index (χ4v) is 2.44. The molecule has 2 N–H and O–H groups in total. The predicted octanol–water partition coefficient (Wildman–Crippen LogP) is 4.17. The molecule has 2 rings (SSSR count). The first-order valence-corrected chi connectivity index (χ1v) is 6.94. The smallest absolute Gasteiger partial charge is 0.138 e. The van der Waals surface area contributed by atoms with Gasteiger partial charge in [-0.25, -0.2) is 4.39 Å². The summed E-state index contributed by atoms with van der Waals surface area (Å²) < 4.78 is 13.4. The Hall–Kier alpha value is -1.29. The van der Waals surface area contributed by atoms with Gasteiger partial charge >= 0.3 is 0 Å². The molecule has 2 nitrogen and oxygen atoms in total. The zero-order valence-corrected chi connectivity index (χ0v) is 12.2. The Morgan fingerprint density at radius 3 is 2.60 bits per heavy atom. The average molecular weight is 314 g/mol. The van der Waals surface area contributed by atoms with Crippen molar-refractivity contribution in [1.29, 1.82) is 0 Å². The summed E-state index contributed by atoms with van der Waals surface area (Å²) in [6.45, 7) is 1.01. The first-order valence-electron chi connectivity index (χ1n) is 6.19. The molecule has 0 heterocycles. The van der Waals surface area contributed by atoms with Crippen LogP contribution in [0.25, 0.3) is 0 Å². The van der Waals surface area contributed by atoms with Crippen molar-refractivity contribution in [2.75, 3.05) is 6.54 Å². The van der Waals surface area contributed by atoms with Crippen LogP contribution < -0.4 is 5.32 Å². The van der Waals surface area contributed by atoms with Crippen LogP contribution >= 0.6 is 23.2 Å². The van der Waals surface area contributed by atoms with Crippen molar-refractivity contribution in [2.24, 2.45) is 0 Å². The summed E-state index contributed by atoms with van der Waals surface area (Å²) in [6, 6.07) is 9.81. The summed E-state index contributed by atoms with van der Waals surface area (Å²) >= 11 is 11.7. The number of benzene rings is 2. The van der Waals surface area contributed by atoms with E-state index < -0.39 is 0 Å². The van der Waals surface area contributed by atoms with Crippen molar-refractivity contribution in [2.45, 2.75) is 13.0 Å². The van der Waals surface area contributed by atoms with Crippen LogP contribution in [0.15, 0.2) is 36.4 Å². The maximum Gasteiger partial charge on any atom is 0.138 e. The molecule has 0 unspecified atom stereocenters. The fraction of sp³-hybridized carbons (Fsp3) is 0.200. The monoisotopic (exact) mass is 313 g/mol. The molecule has 0 saturated heterocycles. The van der Waals surface area contributed by atoms with Gasteiger partial charge in [0.1, 0.15) is 11.6 Å². The number of hydrogen-bond donors (Lipinski definition) is 2. The van der Waals surface area contributed by atoms with Gasteiger partial charge in [-0.1, -0.05) is 41.4 Å². The first kappa shape index (κ1) is 15.1. The Kier molecular flexibility index (Phi) is 5.24. The topological polar surface area (TPSA) is 32.3 Å². The summed E-state index contributed by atoms with van der Waals surface area (Å²) in [5.74, 6) is -0.183. The third-order valence-corrected chi connectivity index (χ3v) is 3.46. The van der Waals surface area contributed by atoms with E-state index in [2.05, 4.69) is 5.32 Å². The minimum atomic E-state index is -0.206. The molecule has 2 aromatic carbocycles. The summed E-state index contributed by atoms with van der Waals surface area (Å²) in [7, 11) is 0. The number of hydrogen-bond acceptors (Lipinski definition) is 2. The maximum atomic E-state index is 13.4. The van der Waals surface area contributed by atoms with E-state index in [1.807, 2.05) is 0 Å². The predicted molar refractivity (Wildman–Crippen MR) is 79.9 cm³/mol. The van der Waals surface area contributed by atoms with E-state index in [-0.39, 0.29) is 16.6 Å². The number of rotatable bonds is 5. The largest absolute Gasteiger partial charge is 0.506 e. The van der Waals surface area contributed by atoms with Crippen LogP contribution in [0.1, 0.15) is 11.1 Å². The summed E-state index contributed by atoms with van der Waals surface area (Å²) in [5, 5.41) is 13.6. The van der Waals surface area contributed by atoms with E-state index >= 15 is 0 Å². The van der Waals surface area contributed by atoms with E-state index in [1.165, 1.54) is 12.1 Å². The first-order chi connectivity index (χ1) is 9.58. The molecule has 0 saturated carbocycles. The third kappa shape index (κ3) is 3.85. The lowest BCUT2D eigenvalue weighted by atomic mass is 10.1. The molecule has 0 spiro atoms. The van der Waals surface area contributed by atoms with Gasteiger partial charge in [0.2, 0.25) is 0 Å². The summed E-state index contributed by atoms with van der Waals surface area (Å²) in [4.78, 5) is 0. The van der Waals surface area contributed by atoms with E-state index in [9.17, 15) is 9.50 Å². The van der Waals surface area contributed by atoms with Gasteiger partial charge in [0.25, 0.3) is 0 Å². The van der Waals surface area contributed by atoms with Crippen molar-refractivity contribution >= 4 is 23.2 Å². The average Bonchev–Trinajstić information content (AvgIpc) is 2.41. The normalized spacial score (nSPS) is 10.8. The third-order valence-electron chi connectivity index (χ3n) is 2.95. The van der Waals surface area contributed by atoms with Crippen LogP contribution in [0, 0.1) is 5.82 Å². The van der Waals surface area contributed by atoms with E-state index in [0.29, 0.717) is 35.7 Å². The number of phenols is 1. The number of phenolic OH excluding ortho intramolecular Hbond substituents is 1. The van der Waals surface area contributed by atoms with Crippen LogP contribution in [-0.2, 0) is 13.0 Å². The highest BCUT2D eigenvalue weighted by Crippen LogP contribution is 2.30. The molecule has 0 aromatic heterocycles. The van der Waals surface area contributed by atoms with Crippen molar-refractivity contribution in [3.63, 3.8) is 0 Å². The van der Waals surface area contributed by atoms with Crippen LogP contribution in [-0.4, -0.2) is 11.7 Å². The van der Waals surface area contributed by atoms with Crippen molar-refractivity contribution in [1.82, 2.24) is 5.32 Å². The molecule has 0 fully saturated rings. The van der Waals surface area contributed by atoms with E-state index in [1.54, 1.807) is 24.3 Å². The van der Waals surface area contributed by atoms with Crippen LogP contribution in [0.4, 0.5) is 4.39 Å². The number of aromatic hydroxyl groups is 1. The lowest BCUT2D eigenvalue weighted by Crippen LogP contribution is -2.17. The fourth-order valence-electron chi connectivity index (χ4n) is 1.90. The quantitative estimate of drug-likeness (QED) is 0.812. The summed E-state index contributed by atoms with van der Waals surface area (Å²) in [6.07, 6.45) is 0.571. The number of halogens is 3. The second-order valence-electron chi connectivity index (χ2n) is 4.41. The molecule has 0 radical (unpaired) electrons. The van der Waals surface area contributed by atoms with Gasteiger partial charge in [0, 0.05) is 17.1 Å². The van der Waals surface area contributed by atoms with Gasteiger partial charge in [-0.05, 0) is 36.7 Å². The SMILES string of the molecule is Oc1c(Cl)cc(Cl)cc1CNCCc1ccccc1F. The maximum absolute atomic E-state index is 13.4. The molecule has 0 aliphatic rings. The zero-order valence-electron chi connectivity index (χ0n) is 10.7. The van der Waals surface area contributed by atoms with Crippen LogP contribution in [0.5, 0.6) is 5.75 Å². The minimum absolute atomic E-state index is 0.0226. The Labute approximate surface area is 127 Å². The highest BCUT2D eigenvalue weighted by molar-refractivity contribution is 6.35. The van der Waals surface area contributed by atoms with Crippen LogP contribution in [0.2, 0.25) is 10.0 Å². The number of nitrogens with one attached hydrogen (secondary N) is 1. The Balaban J connectivity index is 1.89. The molecule has 106 valence electrons. The zero-order chi connectivity index (χ0) is 14.5. The van der Waals surface area contributed by atoms with Gasteiger partial charge in [0.05, 0.1) is 5.02 Å². The van der Waals surface area contributed by atoms with E-state index in [4.69, 9.17) is 23.2 Å². The Morgan fingerprint density at radius 2 is 1.85 bits per heavy atom. The van der Waals surface area contributed by atoms with Gasteiger partial charge < -0.3 is 10.4 Å². The lowest BCUT2D eigenvalue weighted by Gasteiger charge is -2.09. The minimum Gasteiger partial charge on any atom is -0.506 e.